The van der Waals surface area contributed by atoms with Gasteiger partial charge in [-0.15, -0.1) is 0 Å². The number of hydrogen-bond donors (Lipinski definition) is 1. The molecule has 1 N–H and O–H groups in total. The highest BCUT2D eigenvalue weighted by atomic mass is 79.9. The molecule has 2 aromatic rings. The van der Waals surface area contributed by atoms with Crippen molar-refractivity contribution in [2.45, 2.75) is 19.5 Å². The summed E-state index contributed by atoms with van der Waals surface area (Å²) in [4.78, 5) is 0. The smallest absolute Gasteiger partial charge is 0.141 e. The van der Waals surface area contributed by atoms with Crippen molar-refractivity contribution >= 4 is 27.5 Å². The van der Waals surface area contributed by atoms with E-state index in [1.807, 2.05) is 6.92 Å². The fourth-order valence-corrected chi connectivity index (χ4v) is 2.42. The summed E-state index contributed by atoms with van der Waals surface area (Å²) in [5.41, 5.74) is 1.86. The zero-order valence-electron chi connectivity index (χ0n) is 10.8. The van der Waals surface area contributed by atoms with E-state index in [0.29, 0.717) is 11.0 Å². The third-order valence-corrected chi connectivity index (χ3v) is 3.94. The Labute approximate surface area is 130 Å². The van der Waals surface area contributed by atoms with Gasteiger partial charge in [-0.1, -0.05) is 23.7 Å². The van der Waals surface area contributed by atoms with Gasteiger partial charge in [-0.05, 0) is 58.2 Å². The summed E-state index contributed by atoms with van der Waals surface area (Å²) < 4.78 is 26.7. The van der Waals surface area contributed by atoms with E-state index in [9.17, 15) is 8.78 Å². The average Bonchev–Trinajstić information content (AvgIpc) is 2.43. The minimum Gasteiger partial charge on any atom is -0.306 e. The van der Waals surface area contributed by atoms with Crippen molar-refractivity contribution in [3.63, 3.8) is 0 Å². The van der Waals surface area contributed by atoms with Crippen LogP contribution < -0.4 is 5.32 Å². The summed E-state index contributed by atoms with van der Waals surface area (Å²) >= 11 is 8.90. The van der Waals surface area contributed by atoms with Crippen molar-refractivity contribution in [3.05, 3.63) is 68.7 Å². The molecule has 0 saturated heterocycles. The van der Waals surface area contributed by atoms with Crippen LogP contribution in [0, 0.1) is 11.6 Å². The summed E-state index contributed by atoms with van der Waals surface area (Å²) in [6, 6.07) is 9.56. The second kappa shape index (κ2) is 6.66. The van der Waals surface area contributed by atoms with Gasteiger partial charge in [0.15, 0.2) is 0 Å². The van der Waals surface area contributed by atoms with Gasteiger partial charge in [0.2, 0.25) is 0 Å². The van der Waals surface area contributed by atoms with Crippen LogP contribution in [-0.2, 0) is 6.54 Å². The van der Waals surface area contributed by atoms with Gasteiger partial charge in [0.1, 0.15) is 11.6 Å². The molecule has 5 heteroatoms. The largest absolute Gasteiger partial charge is 0.306 e. The van der Waals surface area contributed by atoms with Gasteiger partial charge in [0.05, 0.1) is 9.50 Å². The number of hydrogen-bond acceptors (Lipinski definition) is 1. The molecule has 0 bridgehead atoms. The zero-order chi connectivity index (χ0) is 14.7. The molecular weight excluding hydrogens is 348 g/mol. The maximum Gasteiger partial charge on any atom is 0.141 e. The van der Waals surface area contributed by atoms with Crippen LogP contribution in [-0.4, -0.2) is 0 Å². The van der Waals surface area contributed by atoms with Crippen molar-refractivity contribution < 1.29 is 8.78 Å². The summed E-state index contributed by atoms with van der Waals surface area (Å²) in [7, 11) is 0. The first-order valence-corrected chi connectivity index (χ1v) is 7.26. The second-order valence-electron chi connectivity index (χ2n) is 4.52. The Balaban J connectivity index is 2.02. The van der Waals surface area contributed by atoms with Gasteiger partial charge in [-0.3, -0.25) is 0 Å². The Bertz CT molecular complexity index is 619. The lowest BCUT2D eigenvalue weighted by Crippen LogP contribution is -2.18. The molecule has 0 spiro atoms. The lowest BCUT2D eigenvalue weighted by molar-refractivity contribution is 0.568. The molecule has 106 valence electrons. The predicted molar refractivity (Wildman–Crippen MR) is 80.8 cm³/mol. The Morgan fingerprint density at radius 3 is 2.50 bits per heavy atom. The Morgan fingerprint density at radius 1 is 1.15 bits per heavy atom. The van der Waals surface area contributed by atoms with Crippen molar-refractivity contribution in [2.24, 2.45) is 0 Å². The standard InChI is InChI=1S/C15H13BrClF2N/c1-9(11-3-5-14(18)12(16)7-11)20-8-10-2-4-15(19)13(17)6-10/h2-7,9,20H,8H2,1H3. The van der Waals surface area contributed by atoms with Gasteiger partial charge in [-0.2, -0.15) is 0 Å². The van der Waals surface area contributed by atoms with E-state index in [-0.39, 0.29) is 16.9 Å². The fourth-order valence-electron chi connectivity index (χ4n) is 1.82. The van der Waals surface area contributed by atoms with Gasteiger partial charge in [0.25, 0.3) is 0 Å². The summed E-state index contributed by atoms with van der Waals surface area (Å²) in [5.74, 6) is -0.711. The SMILES string of the molecule is CC(NCc1ccc(F)c(Cl)c1)c1ccc(F)c(Br)c1. The van der Waals surface area contributed by atoms with Gasteiger partial charge >= 0.3 is 0 Å². The molecule has 0 aromatic heterocycles. The second-order valence-corrected chi connectivity index (χ2v) is 5.79. The van der Waals surface area contributed by atoms with Crippen LogP contribution in [0.1, 0.15) is 24.1 Å². The topological polar surface area (TPSA) is 12.0 Å². The maximum atomic E-state index is 13.2. The van der Waals surface area contributed by atoms with E-state index in [0.717, 1.165) is 11.1 Å². The number of nitrogens with one attached hydrogen (secondary N) is 1. The molecule has 0 heterocycles. The van der Waals surface area contributed by atoms with Crippen LogP contribution >= 0.6 is 27.5 Å². The van der Waals surface area contributed by atoms with Crippen molar-refractivity contribution in [3.8, 4) is 0 Å². The van der Waals surface area contributed by atoms with Crippen LogP contribution in [0.15, 0.2) is 40.9 Å². The molecule has 2 rings (SSSR count). The van der Waals surface area contributed by atoms with Crippen LogP contribution in [0.2, 0.25) is 5.02 Å². The minimum atomic E-state index is -0.425. The molecule has 1 nitrogen and oxygen atoms in total. The molecule has 1 unspecified atom stereocenters. The molecule has 0 aliphatic rings. The molecule has 0 aliphatic carbocycles. The Kier molecular flexibility index (Phi) is 5.13. The first kappa shape index (κ1) is 15.4. The van der Waals surface area contributed by atoms with E-state index in [1.165, 1.54) is 12.1 Å². The fraction of sp³-hybridized carbons (Fsp3) is 0.200. The molecule has 1 atom stereocenters. The third-order valence-electron chi connectivity index (χ3n) is 3.04. The van der Waals surface area contributed by atoms with E-state index < -0.39 is 5.82 Å². The minimum absolute atomic E-state index is 0.0377. The molecule has 2 aromatic carbocycles. The van der Waals surface area contributed by atoms with Crippen LogP contribution in [0.5, 0.6) is 0 Å². The van der Waals surface area contributed by atoms with E-state index in [1.54, 1.807) is 24.3 Å². The van der Waals surface area contributed by atoms with Gasteiger partial charge in [-0.25, -0.2) is 8.78 Å². The molecule has 20 heavy (non-hydrogen) atoms. The average molecular weight is 361 g/mol. The van der Waals surface area contributed by atoms with Crippen LogP contribution in [0.4, 0.5) is 8.78 Å². The first-order chi connectivity index (χ1) is 9.47. The highest BCUT2D eigenvalue weighted by Crippen LogP contribution is 2.22. The highest BCUT2D eigenvalue weighted by molar-refractivity contribution is 9.10. The highest BCUT2D eigenvalue weighted by Gasteiger charge is 2.08. The lowest BCUT2D eigenvalue weighted by atomic mass is 10.1. The monoisotopic (exact) mass is 359 g/mol. The van der Waals surface area contributed by atoms with Crippen molar-refractivity contribution in [1.82, 2.24) is 5.32 Å². The quantitative estimate of drug-likeness (QED) is 0.787. The van der Waals surface area contributed by atoms with E-state index in [4.69, 9.17) is 11.6 Å². The number of rotatable bonds is 4. The van der Waals surface area contributed by atoms with E-state index in [2.05, 4.69) is 21.2 Å². The normalized spacial score (nSPS) is 12.4. The molecule has 0 fully saturated rings. The first-order valence-electron chi connectivity index (χ1n) is 6.09. The predicted octanol–water partition coefficient (Wildman–Crippen LogP) is 5.23. The third kappa shape index (κ3) is 3.78. The van der Waals surface area contributed by atoms with Crippen LogP contribution in [0.25, 0.3) is 0 Å². The lowest BCUT2D eigenvalue weighted by Gasteiger charge is -2.15. The summed E-state index contributed by atoms with van der Waals surface area (Å²) in [6.45, 7) is 2.53. The Morgan fingerprint density at radius 2 is 1.85 bits per heavy atom. The maximum absolute atomic E-state index is 13.2. The summed E-state index contributed by atoms with van der Waals surface area (Å²) in [5, 5.41) is 3.40. The van der Waals surface area contributed by atoms with Crippen molar-refractivity contribution in [1.29, 1.82) is 0 Å². The molecule has 0 saturated carbocycles. The van der Waals surface area contributed by atoms with Gasteiger partial charge in [0, 0.05) is 12.6 Å². The summed E-state index contributed by atoms with van der Waals surface area (Å²) in [6.07, 6.45) is 0. The van der Waals surface area contributed by atoms with Crippen molar-refractivity contribution in [2.75, 3.05) is 0 Å². The zero-order valence-corrected chi connectivity index (χ0v) is 13.1. The van der Waals surface area contributed by atoms with E-state index >= 15 is 0 Å². The Hall–Kier alpha value is -0.970. The molecule has 0 amide bonds. The van der Waals surface area contributed by atoms with Gasteiger partial charge < -0.3 is 5.32 Å². The molecule has 0 aliphatic heterocycles. The number of benzene rings is 2. The number of halogens is 4. The molecular formula is C15H13BrClF2N. The molecule has 0 radical (unpaired) electrons. The van der Waals surface area contributed by atoms with Crippen LogP contribution in [0.3, 0.4) is 0 Å².